The van der Waals surface area contributed by atoms with Crippen molar-refractivity contribution in [2.75, 3.05) is 7.11 Å². The van der Waals surface area contributed by atoms with Crippen LogP contribution < -0.4 is 0 Å². The summed E-state index contributed by atoms with van der Waals surface area (Å²) < 4.78 is 5.04. The molecule has 0 heterocycles. The molecule has 1 nitrogen and oxygen atoms in total. The van der Waals surface area contributed by atoms with Gasteiger partial charge in [-0.05, 0) is 5.92 Å². The van der Waals surface area contributed by atoms with Crippen molar-refractivity contribution in [1.82, 2.24) is 0 Å². The minimum absolute atomic E-state index is 0.486. The molecule has 0 aromatic rings. The molecule has 0 amide bonds. The Bertz CT molecular complexity index is 66.5. The van der Waals surface area contributed by atoms with Crippen LogP contribution in [-0.2, 0) is 4.74 Å². The van der Waals surface area contributed by atoms with Crippen LogP contribution in [0.1, 0.15) is 6.92 Å². The molecule has 1 aliphatic rings. The van der Waals surface area contributed by atoms with E-state index in [1.165, 1.54) is 0 Å². The van der Waals surface area contributed by atoms with Crippen molar-refractivity contribution in [2.24, 2.45) is 5.92 Å². The van der Waals surface area contributed by atoms with E-state index in [0.29, 0.717) is 10.9 Å². The molecule has 1 fully saturated rings. The van der Waals surface area contributed by atoms with Crippen molar-refractivity contribution in [3.05, 3.63) is 0 Å². The summed E-state index contributed by atoms with van der Waals surface area (Å²) in [5, 5.41) is 0. The fourth-order valence-electron chi connectivity index (χ4n) is 0.724. The summed E-state index contributed by atoms with van der Waals surface area (Å²) in [4.78, 5) is 0.623. The molecule has 42 valence electrons. The molecule has 0 N–H and O–H groups in total. The summed E-state index contributed by atoms with van der Waals surface area (Å²) in [5.41, 5.74) is 0. The van der Waals surface area contributed by atoms with Crippen molar-refractivity contribution in [3.8, 4) is 0 Å². The number of hydrogen-bond donors (Lipinski definition) is 0. The van der Waals surface area contributed by atoms with Gasteiger partial charge in [-0.3, -0.25) is 0 Å². The van der Waals surface area contributed by atoms with E-state index in [9.17, 15) is 0 Å². The first-order valence-electron chi connectivity index (χ1n) is 2.44. The van der Waals surface area contributed by atoms with E-state index in [-0.39, 0.29) is 0 Å². The minimum atomic E-state index is 0.486. The number of hydrogen-bond acceptors (Lipinski definition) is 1. The molecular weight excluding hydrogens is 156 g/mol. The van der Waals surface area contributed by atoms with Crippen LogP contribution in [0.25, 0.3) is 0 Å². The smallest absolute Gasteiger partial charge is 0.0736 e. The zero-order valence-electron chi connectivity index (χ0n) is 4.52. The molecule has 0 bridgehead atoms. The van der Waals surface area contributed by atoms with Crippen molar-refractivity contribution in [3.63, 3.8) is 0 Å². The van der Waals surface area contributed by atoms with Crippen LogP contribution in [0.3, 0.4) is 0 Å². The van der Waals surface area contributed by atoms with Gasteiger partial charge in [-0.1, -0.05) is 22.9 Å². The van der Waals surface area contributed by atoms with Gasteiger partial charge in [0.1, 0.15) is 0 Å². The standard InChI is InChI=1S/C5H9BrO/c1-3-4(6)5(3)7-2/h3-5H,1-2H3/t3-,4-,5-/m1/s1. The average molecular weight is 165 g/mol. The van der Waals surface area contributed by atoms with Gasteiger partial charge in [-0.2, -0.15) is 0 Å². The third-order valence-corrected chi connectivity index (χ3v) is 2.82. The highest BCUT2D eigenvalue weighted by Gasteiger charge is 2.45. The third-order valence-electron chi connectivity index (χ3n) is 1.47. The first-order chi connectivity index (χ1) is 3.27. The third kappa shape index (κ3) is 0.820. The highest BCUT2D eigenvalue weighted by molar-refractivity contribution is 9.09. The van der Waals surface area contributed by atoms with Crippen molar-refractivity contribution >= 4 is 15.9 Å². The number of alkyl halides is 1. The topological polar surface area (TPSA) is 9.23 Å². The molecule has 0 unspecified atom stereocenters. The Balaban J connectivity index is 2.24. The predicted molar refractivity (Wildman–Crippen MR) is 32.7 cm³/mol. The van der Waals surface area contributed by atoms with Gasteiger partial charge in [0.25, 0.3) is 0 Å². The summed E-state index contributed by atoms with van der Waals surface area (Å²) >= 11 is 3.45. The molecular formula is C5H9BrO. The highest BCUT2D eigenvalue weighted by Crippen LogP contribution is 2.39. The maximum absolute atomic E-state index is 5.04. The largest absolute Gasteiger partial charge is 0.380 e. The highest BCUT2D eigenvalue weighted by atomic mass is 79.9. The van der Waals surface area contributed by atoms with Gasteiger partial charge in [0.2, 0.25) is 0 Å². The fraction of sp³-hybridized carbons (Fsp3) is 1.00. The molecule has 1 saturated carbocycles. The quantitative estimate of drug-likeness (QED) is 0.534. The van der Waals surface area contributed by atoms with E-state index in [4.69, 9.17) is 4.74 Å². The van der Waals surface area contributed by atoms with Gasteiger partial charge in [0.05, 0.1) is 6.10 Å². The molecule has 0 saturated heterocycles. The van der Waals surface area contributed by atoms with Gasteiger partial charge in [-0.15, -0.1) is 0 Å². The van der Waals surface area contributed by atoms with Crippen molar-refractivity contribution < 1.29 is 4.74 Å². The second kappa shape index (κ2) is 1.75. The lowest BCUT2D eigenvalue weighted by atomic mass is 10.5. The monoisotopic (exact) mass is 164 g/mol. The predicted octanol–water partition coefficient (Wildman–Crippen LogP) is 1.41. The number of ether oxygens (including phenoxy) is 1. The van der Waals surface area contributed by atoms with E-state index in [2.05, 4.69) is 22.9 Å². The number of halogens is 1. The van der Waals surface area contributed by atoms with Crippen LogP contribution in [0.5, 0.6) is 0 Å². The fourth-order valence-corrected chi connectivity index (χ4v) is 1.55. The molecule has 3 atom stereocenters. The summed E-state index contributed by atoms with van der Waals surface area (Å²) in [6.45, 7) is 2.17. The zero-order valence-corrected chi connectivity index (χ0v) is 6.10. The second-order valence-electron chi connectivity index (χ2n) is 2.00. The zero-order chi connectivity index (χ0) is 5.44. The Labute approximate surface area is 52.2 Å². The van der Waals surface area contributed by atoms with Crippen LogP contribution in [-0.4, -0.2) is 18.0 Å². The number of methoxy groups -OCH3 is 1. The van der Waals surface area contributed by atoms with Gasteiger partial charge in [-0.25, -0.2) is 0 Å². The number of rotatable bonds is 1. The first-order valence-corrected chi connectivity index (χ1v) is 3.36. The molecule has 0 aromatic heterocycles. The molecule has 0 aliphatic heterocycles. The van der Waals surface area contributed by atoms with Gasteiger partial charge in [0, 0.05) is 11.9 Å². The molecule has 0 aromatic carbocycles. The van der Waals surface area contributed by atoms with E-state index in [0.717, 1.165) is 5.92 Å². The SMILES string of the molecule is CO[C@@H]1[C@H](C)[C@H]1Br. The van der Waals surface area contributed by atoms with E-state index < -0.39 is 0 Å². The van der Waals surface area contributed by atoms with Gasteiger partial charge < -0.3 is 4.74 Å². The Hall–Kier alpha value is 0.440. The van der Waals surface area contributed by atoms with Gasteiger partial charge >= 0.3 is 0 Å². The van der Waals surface area contributed by atoms with E-state index in [1.54, 1.807) is 7.11 Å². The molecule has 1 rings (SSSR count). The Kier molecular flexibility index (Phi) is 1.39. The molecule has 2 heteroatoms. The lowest BCUT2D eigenvalue weighted by Gasteiger charge is -1.85. The van der Waals surface area contributed by atoms with Crippen molar-refractivity contribution in [1.29, 1.82) is 0 Å². The van der Waals surface area contributed by atoms with Crippen LogP contribution >= 0.6 is 15.9 Å². The lowest BCUT2D eigenvalue weighted by Crippen LogP contribution is -1.88. The average Bonchev–Trinajstić information content (AvgIpc) is 2.17. The van der Waals surface area contributed by atoms with Crippen LogP contribution in [0.4, 0.5) is 0 Å². The van der Waals surface area contributed by atoms with Crippen LogP contribution in [0, 0.1) is 5.92 Å². The first kappa shape index (κ1) is 5.57. The summed E-state index contributed by atoms with van der Waals surface area (Å²) in [5.74, 6) is 0.727. The molecule has 0 spiro atoms. The summed E-state index contributed by atoms with van der Waals surface area (Å²) in [6.07, 6.45) is 0.486. The summed E-state index contributed by atoms with van der Waals surface area (Å²) in [6, 6.07) is 0. The Morgan fingerprint density at radius 1 is 1.57 bits per heavy atom. The molecule has 1 aliphatic carbocycles. The minimum Gasteiger partial charge on any atom is -0.380 e. The normalized spacial score (nSPS) is 49.3. The van der Waals surface area contributed by atoms with Gasteiger partial charge in [0.15, 0.2) is 0 Å². The van der Waals surface area contributed by atoms with E-state index in [1.807, 2.05) is 0 Å². The second-order valence-corrected chi connectivity index (χ2v) is 3.06. The van der Waals surface area contributed by atoms with Crippen LogP contribution in [0.15, 0.2) is 0 Å². The molecule has 7 heavy (non-hydrogen) atoms. The van der Waals surface area contributed by atoms with E-state index >= 15 is 0 Å². The van der Waals surface area contributed by atoms with Crippen LogP contribution in [0.2, 0.25) is 0 Å². The Morgan fingerprint density at radius 3 is 2.00 bits per heavy atom. The molecule has 0 radical (unpaired) electrons. The lowest BCUT2D eigenvalue weighted by molar-refractivity contribution is 0.173. The van der Waals surface area contributed by atoms with Crippen molar-refractivity contribution in [2.45, 2.75) is 17.9 Å². The summed E-state index contributed by atoms with van der Waals surface area (Å²) in [7, 11) is 1.75. The maximum atomic E-state index is 5.04. The maximum Gasteiger partial charge on any atom is 0.0736 e. The Morgan fingerprint density at radius 2 is 2.00 bits per heavy atom.